The summed E-state index contributed by atoms with van der Waals surface area (Å²) in [5.74, 6) is -2.22. The van der Waals surface area contributed by atoms with Gasteiger partial charge in [-0.05, 0) is 25.1 Å². The van der Waals surface area contributed by atoms with Gasteiger partial charge in [0.25, 0.3) is 0 Å². The number of carbonyl (C=O) groups is 2. The molecule has 106 valence electrons. The molecule has 4 nitrogen and oxygen atoms in total. The summed E-state index contributed by atoms with van der Waals surface area (Å²) in [6.07, 6.45) is 0. The van der Waals surface area contributed by atoms with Gasteiger partial charge in [0, 0.05) is 4.90 Å². The lowest BCUT2D eigenvalue weighted by molar-refractivity contribution is 0.0934. The van der Waals surface area contributed by atoms with Crippen molar-refractivity contribution in [1.29, 1.82) is 0 Å². The number of hydrogen-bond acceptors (Lipinski definition) is 6. The lowest BCUT2D eigenvalue weighted by atomic mass is 10.1. The van der Waals surface area contributed by atoms with Gasteiger partial charge in [-0.1, -0.05) is 17.8 Å². The van der Waals surface area contributed by atoms with E-state index in [9.17, 15) is 19.1 Å². The van der Waals surface area contributed by atoms with Gasteiger partial charge in [-0.25, -0.2) is 9.37 Å². The van der Waals surface area contributed by atoms with Crippen LogP contribution in [0.5, 0.6) is 0 Å². The number of fused-ring (bicyclic) bond motifs is 1. The third kappa shape index (κ3) is 2.38. The van der Waals surface area contributed by atoms with Gasteiger partial charge >= 0.3 is 0 Å². The number of benzene rings is 1. The summed E-state index contributed by atoms with van der Waals surface area (Å²) in [5, 5.41) is 10.5. The van der Waals surface area contributed by atoms with Crippen LogP contribution in [0.3, 0.4) is 0 Å². The second-order valence-electron chi connectivity index (χ2n) is 4.31. The molecule has 0 unspecified atom stereocenters. The molecule has 0 bridgehead atoms. The van der Waals surface area contributed by atoms with Crippen molar-refractivity contribution >= 4 is 34.7 Å². The van der Waals surface area contributed by atoms with E-state index in [1.165, 1.54) is 18.2 Å². The Morgan fingerprint density at radius 2 is 2.05 bits per heavy atom. The number of hydrogen-bond donors (Lipinski definition) is 1. The molecule has 0 saturated carbocycles. The first-order chi connectivity index (χ1) is 9.97. The molecule has 1 aliphatic rings. The number of aromatic nitrogens is 1. The van der Waals surface area contributed by atoms with Gasteiger partial charge in [-0.2, -0.15) is 0 Å². The van der Waals surface area contributed by atoms with E-state index in [1.807, 2.05) is 0 Å². The SMILES string of the molecule is Cc1nc2c(s1)C(=O)C(Sc1cccc(F)c1)=C(O)C2=O. The second-order valence-corrected chi connectivity index (χ2v) is 6.59. The van der Waals surface area contributed by atoms with Gasteiger partial charge in [0.15, 0.2) is 5.76 Å². The van der Waals surface area contributed by atoms with E-state index >= 15 is 0 Å². The number of ketones is 2. The van der Waals surface area contributed by atoms with Crippen LogP contribution in [-0.2, 0) is 0 Å². The van der Waals surface area contributed by atoms with Gasteiger partial charge in [0.05, 0.1) is 5.01 Å². The molecule has 1 heterocycles. The van der Waals surface area contributed by atoms with Crippen LogP contribution in [-0.4, -0.2) is 21.7 Å². The van der Waals surface area contributed by atoms with Gasteiger partial charge < -0.3 is 5.11 Å². The monoisotopic (exact) mass is 321 g/mol. The van der Waals surface area contributed by atoms with Crippen molar-refractivity contribution in [3.8, 4) is 0 Å². The molecule has 0 saturated heterocycles. The quantitative estimate of drug-likeness (QED) is 0.916. The predicted molar refractivity (Wildman–Crippen MR) is 77.4 cm³/mol. The number of carbonyl (C=O) groups excluding carboxylic acids is 2. The Balaban J connectivity index is 2.04. The molecular weight excluding hydrogens is 313 g/mol. The fourth-order valence-corrected chi connectivity index (χ4v) is 3.77. The van der Waals surface area contributed by atoms with Crippen LogP contribution in [0.2, 0.25) is 0 Å². The highest BCUT2D eigenvalue weighted by molar-refractivity contribution is 8.04. The van der Waals surface area contributed by atoms with Crippen LogP contribution in [0, 0.1) is 12.7 Å². The number of halogens is 1. The summed E-state index contributed by atoms with van der Waals surface area (Å²) in [6.45, 7) is 1.68. The molecule has 0 atom stereocenters. The number of aryl methyl sites for hydroxylation is 1. The number of thiazole rings is 1. The number of aliphatic hydroxyl groups excluding tert-OH is 1. The third-order valence-electron chi connectivity index (χ3n) is 2.81. The Kier molecular flexibility index (Phi) is 3.38. The number of rotatable bonds is 2. The first kappa shape index (κ1) is 14.0. The van der Waals surface area contributed by atoms with Gasteiger partial charge in [0.1, 0.15) is 21.3 Å². The van der Waals surface area contributed by atoms with E-state index < -0.39 is 23.1 Å². The van der Waals surface area contributed by atoms with Gasteiger partial charge in [0.2, 0.25) is 11.6 Å². The predicted octanol–water partition coefficient (Wildman–Crippen LogP) is 3.53. The van der Waals surface area contributed by atoms with Crippen LogP contribution < -0.4 is 0 Å². The lowest BCUT2D eigenvalue weighted by Gasteiger charge is -2.13. The summed E-state index contributed by atoms with van der Waals surface area (Å²) in [4.78, 5) is 28.9. The minimum absolute atomic E-state index is 0.0106. The molecule has 0 radical (unpaired) electrons. The summed E-state index contributed by atoms with van der Waals surface area (Å²) < 4.78 is 13.2. The lowest BCUT2D eigenvalue weighted by Crippen LogP contribution is -2.19. The van der Waals surface area contributed by atoms with Crippen LogP contribution in [0.4, 0.5) is 4.39 Å². The van der Waals surface area contributed by atoms with E-state index in [4.69, 9.17) is 0 Å². The van der Waals surface area contributed by atoms with E-state index in [0.717, 1.165) is 23.1 Å². The van der Waals surface area contributed by atoms with E-state index in [-0.39, 0.29) is 15.5 Å². The molecule has 0 fully saturated rings. The molecule has 3 rings (SSSR count). The highest BCUT2D eigenvalue weighted by Gasteiger charge is 2.36. The van der Waals surface area contributed by atoms with Crippen LogP contribution in [0.15, 0.2) is 39.8 Å². The van der Waals surface area contributed by atoms with Crippen molar-refractivity contribution in [2.24, 2.45) is 0 Å². The molecule has 21 heavy (non-hydrogen) atoms. The fourth-order valence-electron chi connectivity index (χ4n) is 1.90. The molecule has 0 amide bonds. The summed E-state index contributed by atoms with van der Waals surface area (Å²) in [6, 6.07) is 5.60. The fraction of sp³-hybridized carbons (Fsp3) is 0.0714. The molecule has 2 aromatic rings. The van der Waals surface area contributed by atoms with Crippen LogP contribution in [0.25, 0.3) is 0 Å². The Bertz CT molecular complexity index is 810. The molecule has 1 aromatic carbocycles. The highest BCUT2D eigenvalue weighted by Crippen LogP contribution is 2.37. The Morgan fingerprint density at radius 3 is 2.76 bits per heavy atom. The smallest absolute Gasteiger partial charge is 0.248 e. The molecule has 0 aliphatic heterocycles. The zero-order chi connectivity index (χ0) is 15.1. The average Bonchev–Trinajstić information content (AvgIpc) is 2.84. The molecular formula is C14H8FNO3S2. The summed E-state index contributed by atoms with van der Waals surface area (Å²) >= 11 is 1.98. The second kappa shape index (κ2) is 5.09. The molecule has 0 spiro atoms. The molecule has 1 aromatic heterocycles. The topological polar surface area (TPSA) is 67.3 Å². The van der Waals surface area contributed by atoms with Crippen molar-refractivity contribution in [3.05, 3.63) is 56.3 Å². The average molecular weight is 321 g/mol. The largest absolute Gasteiger partial charge is 0.503 e. The normalized spacial score (nSPS) is 14.6. The summed E-state index contributed by atoms with van der Waals surface area (Å²) in [7, 11) is 0. The minimum Gasteiger partial charge on any atom is -0.503 e. The van der Waals surface area contributed by atoms with Crippen LogP contribution >= 0.6 is 23.1 Å². The van der Waals surface area contributed by atoms with Gasteiger partial charge in [-0.15, -0.1) is 11.3 Å². The maximum atomic E-state index is 13.2. The van der Waals surface area contributed by atoms with Crippen molar-refractivity contribution in [1.82, 2.24) is 4.98 Å². The number of nitrogens with zero attached hydrogens (tertiary/aromatic N) is 1. The van der Waals surface area contributed by atoms with Crippen molar-refractivity contribution in [2.45, 2.75) is 11.8 Å². The first-order valence-corrected chi connectivity index (χ1v) is 7.54. The van der Waals surface area contributed by atoms with E-state index in [0.29, 0.717) is 9.90 Å². The number of allylic oxidation sites excluding steroid dienone is 2. The Hall–Kier alpha value is -1.99. The minimum atomic E-state index is -0.673. The maximum Gasteiger partial charge on any atom is 0.248 e. The first-order valence-electron chi connectivity index (χ1n) is 5.91. The van der Waals surface area contributed by atoms with E-state index in [2.05, 4.69) is 4.98 Å². The summed E-state index contributed by atoms with van der Waals surface area (Å²) in [5.41, 5.74) is -0.0106. The number of aliphatic hydroxyl groups is 1. The van der Waals surface area contributed by atoms with Crippen molar-refractivity contribution in [2.75, 3.05) is 0 Å². The number of thioether (sulfide) groups is 1. The Labute approximate surface area is 127 Å². The Morgan fingerprint density at radius 1 is 1.29 bits per heavy atom. The van der Waals surface area contributed by atoms with E-state index in [1.54, 1.807) is 13.0 Å². The third-order valence-corrected chi connectivity index (χ3v) is 4.85. The highest BCUT2D eigenvalue weighted by atomic mass is 32.2. The molecule has 1 N–H and O–H groups in total. The van der Waals surface area contributed by atoms with Crippen LogP contribution in [0.1, 0.15) is 25.2 Å². The molecule has 1 aliphatic carbocycles. The standard InChI is InChI=1S/C14H8FNO3S2/c1-6-16-9-10(17)11(18)14(12(19)13(9)20-6)21-8-4-2-3-7(15)5-8/h2-5,18H,1H3. The van der Waals surface area contributed by atoms with Crippen molar-refractivity contribution < 1.29 is 19.1 Å². The zero-order valence-electron chi connectivity index (χ0n) is 10.7. The van der Waals surface area contributed by atoms with Gasteiger partial charge in [-0.3, -0.25) is 9.59 Å². The zero-order valence-corrected chi connectivity index (χ0v) is 12.3. The van der Waals surface area contributed by atoms with Crippen molar-refractivity contribution in [3.63, 3.8) is 0 Å². The molecule has 7 heteroatoms. The maximum absolute atomic E-state index is 13.2. The number of Topliss-reactive ketones (excluding diaryl/α,β-unsaturated/α-hetero) is 2.